The summed E-state index contributed by atoms with van der Waals surface area (Å²) in [5.74, 6) is -0.811. The first kappa shape index (κ1) is 19.4. The summed E-state index contributed by atoms with van der Waals surface area (Å²) in [4.78, 5) is 28.3. The number of halogens is 1. The number of carbonyl (C=O) groups is 1. The fraction of sp³-hybridized carbons (Fsp3) is 0.158. The van der Waals surface area contributed by atoms with E-state index in [0.29, 0.717) is 32.9 Å². The molecule has 148 valence electrons. The van der Waals surface area contributed by atoms with Gasteiger partial charge in [-0.15, -0.1) is 11.3 Å². The van der Waals surface area contributed by atoms with E-state index < -0.39 is 10.8 Å². The van der Waals surface area contributed by atoms with Gasteiger partial charge in [-0.3, -0.25) is 14.9 Å². The van der Waals surface area contributed by atoms with Crippen LogP contribution in [0.4, 0.5) is 10.1 Å². The average molecular weight is 431 g/mol. The maximum absolute atomic E-state index is 13.6. The summed E-state index contributed by atoms with van der Waals surface area (Å²) < 4.78 is 22.0. The Bertz CT molecular complexity index is 1320. The van der Waals surface area contributed by atoms with Gasteiger partial charge in [0.1, 0.15) is 5.82 Å². The molecule has 0 radical (unpaired) electrons. The van der Waals surface area contributed by atoms with Crippen molar-refractivity contribution in [2.45, 2.75) is 6.54 Å². The molecule has 4 rings (SSSR count). The van der Waals surface area contributed by atoms with Crippen LogP contribution in [0.1, 0.15) is 9.67 Å². The Morgan fingerprint density at radius 1 is 1.21 bits per heavy atom. The number of thiazole rings is 1. The number of thiophene rings is 1. The maximum atomic E-state index is 13.6. The minimum Gasteiger partial charge on any atom is -0.383 e. The van der Waals surface area contributed by atoms with Crippen molar-refractivity contribution in [1.29, 1.82) is 0 Å². The molecule has 0 aliphatic heterocycles. The molecule has 2 aromatic carbocycles. The van der Waals surface area contributed by atoms with Crippen LogP contribution in [0.3, 0.4) is 0 Å². The quantitative estimate of drug-likeness (QED) is 0.347. The van der Waals surface area contributed by atoms with Crippen molar-refractivity contribution in [3.8, 4) is 0 Å². The van der Waals surface area contributed by atoms with Gasteiger partial charge in [-0.25, -0.2) is 4.39 Å². The molecule has 0 aliphatic carbocycles. The van der Waals surface area contributed by atoms with Crippen LogP contribution in [0.2, 0.25) is 0 Å². The van der Waals surface area contributed by atoms with Crippen LogP contribution in [-0.2, 0) is 11.3 Å². The molecule has 0 aliphatic rings. The number of nitrogens with zero attached hydrogens (tertiary/aromatic N) is 3. The Kier molecular flexibility index (Phi) is 5.22. The number of hydrogen-bond acceptors (Lipinski definition) is 6. The summed E-state index contributed by atoms with van der Waals surface area (Å²) in [5.41, 5.74) is 0.738. The van der Waals surface area contributed by atoms with Gasteiger partial charge in [0.25, 0.3) is 11.6 Å². The van der Waals surface area contributed by atoms with E-state index in [1.807, 2.05) is 4.57 Å². The highest BCUT2D eigenvalue weighted by Gasteiger charge is 2.14. The van der Waals surface area contributed by atoms with Crippen molar-refractivity contribution in [3.63, 3.8) is 0 Å². The summed E-state index contributed by atoms with van der Waals surface area (Å²) >= 11 is 2.44. The predicted octanol–water partition coefficient (Wildman–Crippen LogP) is 4.35. The van der Waals surface area contributed by atoms with E-state index in [4.69, 9.17) is 4.74 Å². The second-order valence-corrected chi connectivity index (χ2v) is 8.24. The van der Waals surface area contributed by atoms with Crippen molar-refractivity contribution in [2.75, 3.05) is 13.7 Å². The molecule has 7 nitrogen and oxygen atoms in total. The number of non-ortho nitro benzene ring substituents is 1. The molecule has 0 fully saturated rings. The van der Waals surface area contributed by atoms with Crippen LogP contribution in [-0.4, -0.2) is 29.1 Å². The van der Waals surface area contributed by atoms with E-state index in [1.54, 1.807) is 25.3 Å². The molecule has 0 N–H and O–H groups in total. The molecule has 2 aromatic heterocycles. The van der Waals surface area contributed by atoms with E-state index in [1.165, 1.54) is 46.9 Å². The highest BCUT2D eigenvalue weighted by molar-refractivity contribution is 7.21. The monoisotopic (exact) mass is 431 g/mol. The van der Waals surface area contributed by atoms with Gasteiger partial charge >= 0.3 is 0 Å². The zero-order chi connectivity index (χ0) is 20.5. The summed E-state index contributed by atoms with van der Waals surface area (Å²) in [7, 11) is 1.58. The molecule has 1 amide bonds. The molecule has 29 heavy (non-hydrogen) atoms. The highest BCUT2D eigenvalue weighted by Crippen LogP contribution is 2.29. The Morgan fingerprint density at radius 3 is 2.79 bits per heavy atom. The Labute approximate surface area is 171 Å². The molecule has 0 bridgehead atoms. The van der Waals surface area contributed by atoms with Gasteiger partial charge in [-0.05, 0) is 30.3 Å². The van der Waals surface area contributed by atoms with Gasteiger partial charge in [-0.2, -0.15) is 4.99 Å². The zero-order valence-corrected chi connectivity index (χ0v) is 16.8. The van der Waals surface area contributed by atoms with Crippen LogP contribution in [0.15, 0.2) is 47.5 Å². The number of carbonyl (C=O) groups excluding carboxylic acids is 1. The lowest BCUT2D eigenvalue weighted by atomic mass is 10.2. The fourth-order valence-corrected chi connectivity index (χ4v) is 4.93. The molecule has 0 saturated heterocycles. The number of nitro benzene ring substituents is 1. The maximum Gasteiger partial charge on any atom is 0.289 e. The molecule has 10 heteroatoms. The number of ether oxygens (including phenoxy) is 1. The van der Waals surface area contributed by atoms with Gasteiger partial charge in [0.05, 0.1) is 26.6 Å². The molecular weight excluding hydrogens is 417 g/mol. The number of rotatable bonds is 5. The normalized spacial score (nSPS) is 12.1. The Balaban J connectivity index is 1.78. The Morgan fingerprint density at radius 2 is 2.03 bits per heavy atom. The topological polar surface area (TPSA) is 86.7 Å². The van der Waals surface area contributed by atoms with Gasteiger partial charge in [-0.1, -0.05) is 11.3 Å². The van der Waals surface area contributed by atoms with E-state index >= 15 is 0 Å². The minimum absolute atomic E-state index is 0.0322. The lowest BCUT2D eigenvalue weighted by molar-refractivity contribution is -0.384. The molecular formula is C19H14FN3O4S2. The third-order valence-electron chi connectivity index (χ3n) is 4.28. The SMILES string of the molecule is COCCn1c(=NC(=O)c2cc3cc([N+](=O)[O-])ccc3s2)sc2cc(F)ccc21. The average Bonchev–Trinajstić information content (AvgIpc) is 3.26. The van der Waals surface area contributed by atoms with Crippen molar-refractivity contribution >= 4 is 54.6 Å². The number of benzene rings is 2. The second-order valence-electron chi connectivity index (χ2n) is 6.15. The largest absolute Gasteiger partial charge is 0.383 e. The van der Waals surface area contributed by atoms with Crippen molar-refractivity contribution in [2.24, 2.45) is 4.99 Å². The summed E-state index contributed by atoms with van der Waals surface area (Å²) in [6, 6.07) is 10.5. The van der Waals surface area contributed by atoms with Crippen LogP contribution in [0, 0.1) is 15.9 Å². The molecule has 0 unspecified atom stereocenters. The van der Waals surface area contributed by atoms with Crippen LogP contribution < -0.4 is 4.80 Å². The minimum atomic E-state index is -0.474. The lowest BCUT2D eigenvalue weighted by Gasteiger charge is -2.03. The molecule has 4 aromatic rings. The number of methoxy groups -OCH3 is 1. The van der Waals surface area contributed by atoms with Crippen molar-refractivity contribution in [1.82, 2.24) is 4.57 Å². The fourth-order valence-electron chi connectivity index (χ4n) is 2.92. The smallest absolute Gasteiger partial charge is 0.289 e. The second kappa shape index (κ2) is 7.82. The van der Waals surface area contributed by atoms with Crippen LogP contribution in [0.5, 0.6) is 0 Å². The summed E-state index contributed by atoms with van der Waals surface area (Å²) in [6.07, 6.45) is 0. The van der Waals surface area contributed by atoms with E-state index in [2.05, 4.69) is 4.99 Å². The number of amides is 1. The molecule has 0 spiro atoms. The molecule has 0 saturated carbocycles. The zero-order valence-electron chi connectivity index (χ0n) is 15.1. The van der Waals surface area contributed by atoms with Crippen LogP contribution >= 0.6 is 22.7 Å². The number of hydrogen-bond donors (Lipinski definition) is 0. The first-order chi connectivity index (χ1) is 14.0. The Hall–Kier alpha value is -2.95. The van der Waals surface area contributed by atoms with Gasteiger partial charge < -0.3 is 9.30 Å². The molecule has 0 atom stereocenters. The lowest BCUT2D eigenvalue weighted by Crippen LogP contribution is -2.19. The standard InChI is InChI=1S/C19H14FN3O4S2/c1-27-7-6-22-14-4-2-12(20)10-16(14)29-19(22)21-18(24)17-9-11-8-13(23(25)26)3-5-15(11)28-17/h2-5,8-10H,6-7H2,1H3. The molecule has 2 heterocycles. The van der Waals surface area contributed by atoms with Gasteiger partial charge in [0, 0.05) is 35.9 Å². The van der Waals surface area contributed by atoms with Gasteiger partial charge in [0.2, 0.25) is 0 Å². The first-order valence-electron chi connectivity index (χ1n) is 8.51. The van der Waals surface area contributed by atoms with E-state index in [0.717, 1.165) is 10.2 Å². The predicted molar refractivity (Wildman–Crippen MR) is 110 cm³/mol. The highest BCUT2D eigenvalue weighted by atomic mass is 32.1. The third-order valence-corrected chi connectivity index (χ3v) is 6.43. The number of fused-ring (bicyclic) bond motifs is 2. The number of aromatic nitrogens is 1. The van der Waals surface area contributed by atoms with Gasteiger partial charge in [0.15, 0.2) is 4.80 Å². The number of nitro groups is 1. The van der Waals surface area contributed by atoms with Crippen molar-refractivity contribution < 1.29 is 18.8 Å². The summed E-state index contributed by atoms with van der Waals surface area (Å²) in [6.45, 7) is 0.879. The summed E-state index contributed by atoms with van der Waals surface area (Å²) in [5, 5.41) is 11.6. The van der Waals surface area contributed by atoms with E-state index in [-0.39, 0.29) is 11.5 Å². The van der Waals surface area contributed by atoms with E-state index in [9.17, 15) is 19.3 Å². The van der Waals surface area contributed by atoms with Crippen LogP contribution in [0.25, 0.3) is 20.3 Å². The van der Waals surface area contributed by atoms with Crippen molar-refractivity contribution in [3.05, 3.63) is 68.1 Å². The third kappa shape index (κ3) is 3.82. The first-order valence-corrected chi connectivity index (χ1v) is 10.1.